The van der Waals surface area contributed by atoms with Crippen LogP contribution in [0.2, 0.25) is 0 Å². The fraction of sp³-hybridized carbons (Fsp3) is 0.0769. The Morgan fingerprint density at radius 2 is 2.05 bits per heavy atom. The number of rotatable bonds is 4. The van der Waals surface area contributed by atoms with Gasteiger partial charge >= 0.3 is 5.97 Å². The average Bonchev–Trinajstić information content (AvgIpc) is 2.40. The van der Waals surface area contributed by atoms with E-state index in [9.17, 15) is 13.6 Å². The summed E-state index contributed by atoms with van der Waals surface area (Å²) in [6, 6.07) is 4.28. The molecule has 98 valence electrons. The molecule has 0 radical (unpaired) electrons. The smallest absolute Gasteiger partial charge is 0.337 e. The quantitative estimate of drug-likeness (QED) is 0.923. The molecule has 4 nitrogen and oxygen atoms in total. The molecule has 0 amide bonds. The lowest BCUT2D eigenvalue weighted by atomic mass is 10.2. The summed E-state index contributed by atoms with van der Waals surface area (Å²) in [5, 5.41) is 8.77. The molecule has 0 saturated heterocycles. The van der Waals surface area contributed by atoms with Gasteiger partial charge in [-0.25, -0.2) is 13.6 Å². The molecule has 1 N–H and O–H groups in total. The first-order chi connectivity index (χ1) is 9.06. The number of ether oxygens (including phenoxy) is 1. The summed E-state index contributed by atoms with van der Waals surface area (Å²) in [7, 11) is 0. The van der Waals surface area contributed by atoms with Gasteiger partial charge in [0.25, 0.3) is 0 Å². The van der Waals surface area contributed by atoms with E-state index in [-0.39, 0.29) is 23.5 Å². The fourth-order valence-corrected chi connectivity index (χ4v) is 1.43. The second kappa shape index (κ2) is 5.43. The molecule has 6 heteroatoms. The molecular formula is C13H9F2NO3. The Morgan fingerprint density at radius 1 is 1.26 bits per heavy atom. The highest BCUT2D eigenvalue weighted by molar-refractivity contribution is 5.87. The normalized spacial score (nSPS) is 10.2. The highest BCUT2D eigenvalue weighted by atomic mass is 19.1. The summed E-state index contributed by atoms with van der Waals surface area (Å²) in [6.07, 6.45) is 2.46. The van der Waals surface area contributed by atoms with Crippen molar-refractivity contribution in [3.63, 3.8) is 0 Å². The second-order valence-corrected chi connectivity index (χ2v) is 3.74. The SMILES string of the molecule is O=C(O)c1cncc(OCc2cc(F)ccc2F)c1. The molecule has 0 atom stereocenters. The lowest BCUT2D eigenvalue weighted by Crippen LogP contribution is -2.02. The van der Waals surface area contributed by atoms with Crippen LogP contribution < -0.4 is 4.74 Å². The zero-order valence-electron chi connectivity index (χ0n) is 9.64. The first kappa shape index (κ1) is 12.9. The number of benzene rings is 1. The van der Waals surface area contributed by atoms with Crippen LogP contribution in [0.5, 0.6) is 5.75 Å². The first-order valence-electron chi connectivity index (χ1n) is 5.31. The minimum Gasteiger partial charge on any atom is -0.487 e. The molecule has 0 unspecified atom stereocenters. The van der Waals surface area contributed by atoms with E-state index >= 15 is 0 Å². The van der Waals surface area contributed by atoms with Crippen molar-refractivity contribution < 1.29 is 23.4 Å². The third kappa shape index (κ3) is 3.25. The number of aromatic nitrogens is 1. The van der Waals surface area contributed by atoms with Crippen molar-refractivity contribution in [2.45, 2.75) is 6.61 Å². The number of carboxylic acid groups (broad SMARTS) is 1. The van der Waals surface area contributed by atoms with Crippen LogP contribution in [0.25, 0.3) is 0 Å². The topological polar surface area (TPSA) is 59.4 Å². The minimum absolute atomic E-state index is 0.0423. The highest BCUT2D eigenvalue weighted by Crippen LogP contribution is 2.16. The lowest BCUT2D eigenvalue weighted by Gasteiger charge is -2.07. The summed E-state index contributed by atoms with van der Waals surface area (Å²) in [5.41, 5.74) is -0.00191. The Bertz CT molecular complexity index is 617. The van der Waals surface area contributed by atoms with Gasteiger partial charge in [0.15, 0.2) is 0 Å². The molecule has 0 saturated carbocycles. The van der Waals surface area contributed by atoms with Gasteiger partial charge in [0, 0.05) is 11.8 Å². The fourth-order valence-electron chi connectivity index (χ4n) is 1.43. The van der Waals surface area contributed by atoms with E-state index in [1.807, 2.05) is 0 Å². The molecule has 0 fully saturated rings. The minimum atomic E-state index is -1.14. The summed E-state index contributed by atoms with van der Waals surface area (Å²) in [4.78, 5) is 14.4. The van der Waals surface area contributed by atoms with Gasteiger partial charge in [-0.05, 0) is 24.3 Å². The zero-order valence-corrected chi connectivity index (χ0v) is 9.64. The van der Waals surface area contributed by atoms with E-state index in [2.05, 4.69) is 4.98 Å². The van der Waals surface area contributed by atoms with Crippen LogP contribution in [0.4, 0.5) is 8.78 Å². The standard InChI is InChI=1S/C13H9F2NO3/c14-10-1-2-12(15)9(3-10)7-19-11-4-8(13(17)18)5-16-6-11/h1-6H,7H2,(H,17,18). The Hall–Kier alpha value is -2.50. The molecule has 0 aliphatic heterocycles. The Labute approximate surface area is 107 Å². The van der Waals surface area contributed by atoms with E-state index in [1.54, 1.807) is 0 Å². The van der Waals surface area contributed by atoms with Crippen molar-refractivity contribution >= 4 is 5.97 Å². The number of hydrogen-bond donors (Lipinski definition) is 1. The predicted molar refractivity (Wildman–Crippen MR) is 61.9 cm³/mol. The number of carbonyl (C=O) groups is 1. The average molecular weight is 265 g/mol. The maximum atomic E-state index is 13.3. The third-order valence-electron chi connectivity index (χ3n) is 2.36. The van der Waals surface area contributed by atoms with E-state index < -0.39 is 17.6 Å². The predicted octanol–water partition coefficient (Wildman–Crippen LogP) is 2.64. The van der Waals surface area contributed by atoms with Crippen LogP contribution >= 0.6 is 0 Å². The number of halogens is 2. The Kier molecular flexibility index (Phi) is 3.70. The van der Waals surface area contributed by atoms with E-state index in [0.29, 0.717) is 0 Å². The van der Waals surface area contributed by atoms with E-state index in [4.69, 9.17) is 9.84 Å². The maximum Gasteiger partial charge on any atom is 0.337 e. The van der Waals surface area contributed by atoms with E-state index in [0.717, 1.165) is 24.4 Å². The van der Waals surface area contributed by atoms with Gasteiger partial charge in [-0.15, -0.1) is 0 Å². The number of pyridine rings is 1. The molecule has 1 heterocycles. The third-order valence-corrected chi connectivity index (χ3v) is 2.36. The first-order valence-corrected chi connectivity index (χ1v) is 5.31. The van der Waals surface area contributed by atoms with Crippen molar-refractivity contribution in [2.75, 3.05) is 0 Å². The van der Waals surface area contributed by atoms with Crippen molar-refractivity contribution in [3.05, 3.63) is 59.4 Å². The van der Waals surface area contributed by atoms with Gasteiger partial charge in [0.2, 0.25) is 0 Å². The van der Waals surface area contributed by atoms with Gasteiger partial charge < -0.3 is 9.84 Å². The highest BCUT2D eigenvalue weighted by Gasteiger charge is 2.07. The molecule has 19 heavy (non-hydrogen) atoms. The summed E-state index contributed by atoms with van der Waals surface area (Å²) < 4.78 is 31.4. The Morgan fingerprint density at radius 3 is 2.79 bits per heavy atom. The van der Waals surface area contributed by atoms with Crippen LogP contribution in [-0.2, 0) is 6.61 Å². The second-order valence-electron chi connectivity index (χ2n) is 3.74. The van der Waals surface area contributed by atoms with Crippen molar-refractivity contribution in [3.8, 4) is 5.75 Å². The Balaban J connectivity index is 2.12. The lowest BCUT2D eigenvalue weighted by molar-refractivity contribution is 0.0696. The molecule has 2 rings (SSSR count). The molecule has 1 aromatic carbocycles. The number of aromatic carboxylic acids is 1. The van der Waals surface area contributed by atoms with Crippen LogP contribution in [0, 0.1) is 11.6 Å². The van der Waals surface area contributed by atoms with Gasteiger partial charge in [0.05, 0.1) is 11.8 Å². The van der Waals surface area contributed by atoms with Gasteiger partial charge in [-0.1, -0.05) is 0 Å². The summed E-state index contributed by atoms with van der Waals surface area (Å²) in [5.74, 6) is -2.14. The molecule has 0 bridgehead atoms. The monoisotopic (exact) mass is 265 g/mol. The van der Waals surface area contributed by atoms with E-state index in [1.165, 1.54) is 12.3 Å². The van der Waals surface area contributed by atoms with Crippen LogP contribution in [0.15, 0.2) is 36.7 Å². The van der Waals surface area contributed by atoms with Crippen molar-refractivity contribution in [2.24, 2.45) is 0 Å². The molecular weight excluding hydrogens is 256 g/mol. The number of nitrogens with zero attached hydrogens (tertiary/aromatic N) is 1. The van der Waals surface area contributed by atoms with Gasteiger partial charge in [-0.3, -0.25) is 4.98 Å². The summed E-state index contributed by atoms with van der Waals surface area (Å²) in [6.45, 7) is -0.214. The number of carboxylic acids is 1. The molecule has 0 spiro atoms. The molecule has 0 aliphatic carbocycles. The largest absolute Gasteiger partial charge is 0.487 e. The molecule has 1 aromatic heterocycles. The van der Waals surface area contributed by atoms with Crippen LogP contribution in [0.3, 0.4) is 0 Å². The number of hydrogen-bond acceptors (Lipinski definition) is 3. The van der Waals surface area contributed by atoms with Crippen LogP contribution in [0.1, 0.15) is 15.9 Å². The van der Waals surface area contributed by atoms with Crippen LogP contribution in [-0.4, -0.2) is 16.1 Å². The summed E-state index contributed by atoms with van der Waals surface area (Å²) >= 11 is 0. The van der Waals surface area contributed by atoms with Gasteiger partial charge in [-0.2, -0.15) is 0 Å². The van der Waals surface area contributed by atoms with Gasteiger partial charge in [0.1, 0.15) is 24.0 Å². The van der Waals surface area contributed by atoms with Crippen molar-refractivity contribution in [1.82, 2.24) is 4.98 Å². The molecule has 2 aromatic rings. The molecule has 0 aliphatic rings. The zero-order chi connectivity index (χ0) is 13.8. The van der Waals surface area contributed by atoms with Crippen molar-refractivity contribution in [1.29, 1.82) is 0 Å². The maximum absolute atomic E-state index is 13.3.